The summed E-state index contributed by atoms with van der Waals surface area (Å²) in [5, 5.41) is 0.478. The van der Waals surface area contributed by atoms with Crippen LogP contribution in [0.2, 0.25) is 5.15 Å². The Morgan fingerprint density at radius 2 is 2.26 bits per heavy atom. The minimum absolute atomic E-state index is 0.478. The molecule has 0 aromatic carbocycles. The topological polar surface area (TPSA) is 22.1 Å². The summed E-state index contributed by atoms with van der Waals surface area (Å²) in [7, 11) is 0. The van der Waals surface area contributed by atoms with E-state index in [4.69, 9.17) is 16.3 Å². The molecule has 1 heterocycles. The molecular weight excluding hydrogens is 326 g/mol. The molecule has 3 atom stereocenters. The van der Waals surface area contributed by atoms with Crippen molar-refractivity contribution in [2.24, 2.45) is 23.2 Å². The zero-order chi connectivity index (χ0) is 13.6. The molecule has 0 amide bonds. The van der Waals surface area contributed by atoms with Crippen molar-refractivity contribution in [3.05, 3.63) is 21.9 Å². The standard InChI is InChI=1S/C15H19BrClNO/c1-15(2)10-4-3-9(11(15)5-10)8-19-13-6-14(17)18-7-12(13)16/h6-7,9-11H,3-5,8H2,1-2H3/t9-,10+,11-/m1/s1. The first kappa shape index (κ1) is 13.7. The summed E-state index contributed by atoms with van der Waals surface area (Å²) in [5.41, 5.74) is 0.513. The van der Waals surface area contributed by atoms with Gasteiger partial charge in [0.1, 0.15) is 10.9 Å². The molecule has 3 saturated carbocycles. The molecule has 4 heteroatoms. The number of rotatable bonds is 3. The van der Waals surface area contributed by atoms with Gasteiger partial charge in [-0.3, -0.25) is 0 Å². The molecule has 0 unspecified atom stereocenters. The number of aromatic nitrogens is 1. The van der Waals surface area contributed by atoms with Crippen molar-refractivity contribution in [1.82, 2.24) is 4.98 Å². The summed E-state index contributed by atoms with van der Waals surface area (Å²) in [6, 6.07) is 1.78. The van der Waals surface area contributed by atoms with Gasteiger partial charge in [-0.25, -0.2) is 4.98 Å². The summed E-state index contributed by atoms with van der Waals surface area (Å²) in [4.78, 5) is 4.02. The van der Waals surface area contributed by atoms with E-state index < -0.39 is 0 Å². The molecule has 3 fully saturated rings. The van der Waals surface area contributed by atoms with Crippen molar-refractivity contribution in [3.8, 4) is 5.75 Å². The number of hydrogen-bond donors (Lipinski definition) is 0. The fourth-order valence-corrected chi connectivity index (χ4v) is 4.34. The molecule has 4 rings (SSSR count). The van der Waals surface area contributed by atoms with Crippen LogP contribution in [0.4, 0.5) is 0 Å². The van der Waals surface area contributed by atoms with E-state index in [1.807, 2.05) is 0 Å². The lowest BCUT2D eigenvalue weighted by Gasteiger charge is -2.60. The second kappa shape index (κ2) is 4.92. The summed E-state index contributed by atoms with van der Waals surface area (Å²) in [5.74, 6) is 3.25. The van der Waals surface area contributed by atoms with Gasteiger partial charge in [0.15, 0.2) is 0 Å². The summed E-state index contributed by atoms with van der Waals surface area (Å²) in [6.07, 6.45) is 5.74. The number of ether oxygens (including phenoxy) is 1. The first-order valence-electron chi connectivity index (χ1n) is 6.92. The summed E-state index contributed by atoms with van der Waals surface area (Å²) in [6.45, 7) is 5.62. The Labute approximate surface area is 128 Å². The van der Waals surface area contributed by atoms with Gasteiger partial charge < -0.3 is 4.74 Å². The van der Waals surface area contributed by atoms with Crippen molar-refractivity contribution in [2.75, 3.05) is 6.61 Å². The van der Waals surface area contributed by atoms with Crippen LogP contribution in [-0.4, -0.2) is 11.6 Å². The minimum atomic E-state index is 0.478. The molecule has 0 saturated heterocycles. The maximum atomic E-state index is 5.97. The van der Waals surface area contributed by atoms with E-state index in [2.05, 4.69) is 34.8 Å². The van der Waals surface area contributed by atoms with Crippen LogP contribution >= 0.6 is 27.5 Å². The van der Waals surface area contributed by atoms with E-state index in [1.54, 1.807) is 12.3 Å². The Morgan fingerprint density at radius 3 is 2.95 bits per heavy atom. The summed E-state index contributed by atoms with van der Waals surface area (Å²) < 4.78 is 6.85. The van der Waals surface area contributed by atoms with Gasteiger partial charge in [-0.05, 0) is 58.4 Å². The van der Waals surface area contributed by atoms with Crippen molar-refractivity contribution >= 4 is 27.5 Å². The second-order valence-electron chi connectivity index (χ2n) is 6.45. The van der Waals surface area contributed by atoms with Gasteiger partial charge in [-0.2, -0.15) is 0 Å². The predicted molar refractivity (Wildman–Crippen MR) is 80.5 cm³/mol. The number of hydrogen-bond acceptors (Lipinski definition) is 2. The SMILES string of the molecule is CC1(C)[C@H]2CC[C@H](COc3cc(Cl)ncc3Br)[C@H]1C2. The van der Waals surface area contributed by atoms with E-state index in [9.17, 15) is 0 Å². The van der Waals surface area contributed by atoms with Gasteiger partial charge in [-0.15, -0.1) is 0 Å². The normalized spacial score (nSPS) is 31.7. The molecule has 2 nitrogen and oxygen atoms in total. The van der Waals surface area contributed by atoms with Gasteiger partial charge in [0.2, 0.25) is 0 Å². The molecule has 3 aliphatic carbocycles. The molecule has 0 aliphatic heterocycles. The number of halogens is 2. The Kier molecular flexibility index (Phi) is 3.55. The average molecular weight is 345 g/mol. The van der Waals surface area contributed by atoms with Crippen molar-refractivity contribution in [3.63, 3.8) is 0 Å². The van der Waals surface area contributed by atoms with Crippen LogP contribution in [0.1, 0.15) is 33.1 Å². The third-order valence-electron chi connectivity index (χ3n) is 5.24. The minimum Gasteiger partial charge on any atom is -0.492 e. The fraction of sp³-hybridized carbons (Fsp3) is 0.667. The van der Waals surface area contributed by atoms with Crippen LogP contribution in [0.5, 0.6) is 5.75 Å². The molecule has 104 valence electrons. The van der Waals surface area contributed by atoms with E-state index in [-0.39, 0.29) is 0 Å². The molecule has 3 aliphatic rings. The van der Waals surface area contributed by atoms with Gasteiger partial charge in [0.25, 0.3) is 0 Å². The fourth-order valence-electron chi connectivity index (χ4n) is 3.87. The van der Waals surface area contributed by atoms with Crippen LogP contribution in [0.25, 0.3) is 0 Å². The van der Waals surface area contributed by atoms with Crippen molar-refractivity contribution < 1.29 is 4.74 Å². The Hall–Kier alpha value is -0.280. The highest BCUT2D eigenvalue weighted by Gasteiger charge is 2.54. The van der Waals surface area contributed by atoms with Crippen molar-refractivity contribution in [1.29, 1.82) is 0 Å². The average Bonchev–Trinajstić information content (AvgIpc) is 2.40. The Bertz CT molecular complexity index is 489. The lowest BCUT2D eigenvalue weighted by atomic mass is 9.46. The molecular formula is C15H19BrClNO. The molecule has 19 heavy (non-hydrogen) atoms. The maximum Gasteiger partial charge on any atom is 0.138 e. The zero-order valence-corrected chi connectivity index (χ0v) is 13.7. The van der Waals surface area contributed by atoms with Crippen LogP contribution < -0.4 is 4.74 Å². The second-order valence-corrected chi connectivity index (χ2v) is 7.69. The lowest BCUT2D eigenvalue weighted by molar-refractivity contribution is -0.114. The smallest absolute Gasteiger partial charge is 0.138 e. The van der Waals surface area contributed by atoms with Gasteiger partial charge >= 0.3 is 0 Å². The first-order valence-corrected chi connectivity index (χ1v) is 8.09. The largest absolute Gasteiger partial charge is 0.492 e. The zero-order valence-electron chi connectivity index (χ0n) is 11.3. The van der Waals surface area contributed by atoms with Crippen LogP contribution in [0.3, 0.4) is 0 Å². The molecule has 1 aromatic rings. The highest BCUT2D eigenvalue weighted by molar-refractivity contribution is 9.10. The van der Waals surface area contributed by atoms with E-state index in [0.29, 0.717) is 16.5 Å². The van der Waals surface area contributed by atoms with E-state index >= 15 is 0 Å². The number of pyridine rings is 1. The van der Waals surface area contributed by atoms with Gasteiger partial charge in [0, 0.05) is 12.3 Å². The quantitative estimate of drug-likeness (QED) is 0.724. The summed E-state index contributed by atoms with van der Waals surface area (Å²) >= 11 is 9.36. The lowest BCUT2D eigenvalue weighted by Crippen LogP contribution is -2.53. The highest BCUT2D eigenvalue weighted by atomic mass is 79.9. The van der Waals surface area contributed by atoms with Crippen LogP contribution in [0.15, 0.2) is 16.7 Å². The van der Waals surface area contributed by atoms with Crippen LogP contribution in [-0.2, 0) is 0 Å². The molecule has 1 aromatic heterocycles. The van der Waals surface area contributed by atoms with Crippen LogP contribution in [0, 0.1) is 23.2 Å². The predicted octanol–water partition coefficient (Wildman–Crippen LogP) is 4.95. The van der Waals surface area contributed by atoms with Gasteiger partial charge in [-0.1, -0.05) is 25.4 Å². The number of fused-ring (bicyclic) bond motifs is 2. The third kappa shape index (κ3) is 2.40. The first-order chi connectivity index (χ1) is 8.98. The maximum absolute atomic E-state index is 5.97. The van der Waals surface area contributed by atoms with E-state index in [0.717, 1.165) is 28.7 Å². The third-order valence-corrected chi connectivity index (χ3v) is 6.04. The van der Waals surface area contributed by atoms with Crippen molar-refractivity contribution in [2.45, 2.75) is 33.1 Å². The van der Waals surface area contributed by atoms with E-state index in [1.165, 1.54) is 19.3 Å². The monoisotopic (exact) mass is 343 g/mol. The Morgan fingerprint density at radius 1 is 1.47 bits per heavy atom. The molecule has 0 spiro atoms. The highest BCUT2D eigenvalue weighted by Crippen LogP contribution is 2.61. The molecule has 2 bridgehead atoms. The number of nitrogens with zero attached hydrogens (tertiary/aromatic N) is 1. The molecule has 0 N–H and O–H groups in total. The van der Waals surface area contributed by atoms with Gasteiger partial charge in [0.05, 0.1) is 11.1 Å². The molecule has 0 radical (unpaired) electrons. The Balaban J connectivity index is 1.65.